The third-order valence-electron chi connectivity index (χ3n) is 3.33. The molecule has 2 atom stereocenters. The number of allylic oxidation sites excluding steroid dienone is 1. The highest BCUT2D eigenvalue weighted by Gasteiger charge is 2.26. The number of halogens is 1. The minimum atomic E-state index is -1.18. The van der Waals surface area contributed by atoms with Gasteiger partial charge in [-0.25, -0.2) is 4.39 Å². The molecular formula is C14H17FN2O3. The van der Waals surface area contributed by atoms with Crippen molar-refractivity contribution in [3.63, 3.8) is 0 Å². The van der Waals surface area contributed by atoms with Crippen LogP contribution in [0.1, 0.15) is 36.3 Å². The van der Waals surface area contributed by atoms with E-state index in [1.807, 2.05) is 0 Å². The number of ketones is 1. The second-order valence-electron chi connectivity index (χ2n) is 5.04. The Morgan fingerprint density at radius 3 is 2.90 bits per heavy atom. The Labute approximate surface area is 115 Å². The van der Waals surface area contributed by atoms with Crippen molar-refractivity contribution in [2.45, 2.75) is 38.5 Å². The Balaban J connectivity index is 2.41. The van der Waals surface area contributed by atoms with Gasteiger partial charge in [-0.15, -0.1) is 0 Å². The van der Waals surface area contributed by atoms with Gasteiger partial charge in [0, 0.05) is 30.3 Å². The fourth-order valence-corrected chi connectivity index (χ4v) is 2.47. The second kappa shape index (κ2) is 5.58. The maximum Gasteiger partial charge on any atom is 0.320 e. The van der Waals surface area contributed by atoms with Crippen LogP contribution in [0.4, 0.5) is 4.39 Å². The van der Waals surface area contributed by atoms with Crippen LogP contribution in [0.5, 0.6) is 0 Å². The predicted octanol–water partition coefficient (Wildman–Crippen LogP) is 1.46. The number of fused-ring (bicyclic) bond motifs is 1. The highest BCUT2D eigenvalue weighted by Crippen LogP contribution is 2.35. The van der Waals surface area contributed by atoms with Gasteiger partial charge in [-0.05, 0) is 18.6 Å². The monoisotopic (exact) mass is 280 g/mol. The largest absolute Gasteiger partial charge is 0.480 e. The average molecular weight is 280 g/mol. The number of aromatic nitrogens is 1. The van der Waals surface area contributed by atoms with Crippen molar-refractivity contribution in [3.05, 3.63) is 29.1 Å². The topological polar surface area (TPSA) is 85.3 Å². The standard InChI is InChI=1S/C14H17FN2O3/c1-8(18)6-17-7-9(5-11(16)14(19)20)13-10(15)3-2-4-12(13)17/h2,4,7,10-11H,3,5-6,16H2,1H3,(H,19,20). The number of nitrogens with two attached hydrogens (primary N) is 1. The summed E-state index contributed by atoms with van der Waals surface area (Å²) in [7, 11) is 0. The lowest BCUT2D eigenvalue weighted by Crippen LogP contribution is -2.32. The van der Waals surface area contributed by atoms with E-state index in [1.54, 1.807) is 22.9 Å². The maximum absolute atomic E-state index is 14.1. The molecule has 0 saturated heterocycles. The van der Waals surface area contributed by atoms with Crippen molar-refractivity contribution in [1.82, 2.24) is 4.57 Å². The summed E-state index contributed by atoms with van der Waals surface area (Å²) in [6.45, 7) is 1.59. The van der Waals surface area contributed by atoms with Crippen molar-refractivity contribution in [2.24, 2.45) is 5.73 Å². The van der Waals surface area contributed by atoms with Crippen molar-refractivity contribution in [1.29, 1.82) is 0 Å². The number of carboxylic acids is 1. The maximum atomic E-state index is 14.1. The number of aliphatic carboxylic acids is 1. The number of carbonyl (C=O) groups excluding carboxylic acids is 1. The Hall–Kier alpha value is -1.95. The molecule has 0 aromatic carbocycles. The molecule has 0 spiro atoms. The molecule has 20 heavy (non-hydrogen) atoms. The summed E-state index contributed by atoms with van der Waals surface area (Å²) < 4.78 is 15.8. The SMILES string of the molecule is CC(=O)Cn1cc(CC(N)C(=O)O)c2c1C=CCC2F. The van der Waals surface area contributed by atoms with Crippen LogP contribution in [0.15, 0.2) is 12.3 Å². The first kappa shape index (κ1) is 14.5. The molecule has 2 rings (SSSR count). The van der Waals surface area contributed by atoms with Crippen molar-refractivity contribution in [2.75, 3.05) is 0 Å². The Morgan fingerprint density at radius 2 is 2.30 bits per heavy atom. The molecule has 1 aromatic heterocycles. The fraction of sp³-hybridized carbons (Fsp3) is 0.429. The molecule has 1 heterocycles. The molecule has 1 aliphatic carbocycles. The molecule has 0 aliphatic heterocycles. The van der Waals surface area contributed by atoms with Gasteiger partial charge in [-0.3, -0.25) is 9.59 Å². The Kier molecular flexibility index (Phi) is 4.04. The lowest BCUT2D eigenvalue weighted by molar-refractivity contribution is -0.138. The molecule has 0 bridgehead atoms. The molecule has 5 nitrogen and oxygen atoms in total. The third-order valence-corrected chi connectivity index (χ3v) is 3.33. The van der Waals surface area contributed by atoms with Gasteiger partial charge in [0.25, 0.3) is 0 Å². The lowest BCUT2D eigenvalue weighted by Gasteiger charge is -2.15. The molecule has 3 N–H and O–H groups in total. The number of hydrogen-bond acceptors (Lipinski definition) is 3. The van der Waals surface area contributed by atoms with Crippen LogP contribution in [0.3, 0.4) is 0 Å². The molecule has 2 unspecified atom stereocenters. The summed E-state index contributed by atoms with van der Waals surface area (Å²) >= 11 is 0. The predicted molar refractivity (Wildman–Crippen MR) is 71.9 cm³/mol. The van der Waals surface area contributed by atoms with Crippen LogP contribution in [0.2, 0.25) is 0 Å². The van der Waals surface area contributed by atoms with Crippen LogP contribution in [0.25, 0.3) is 6.08 Å². The first-order chi connectivity index (χ1) is 9.40. The van der Waals surface area contributed by atoms with E-state index in [9.17, 15) is 14.0 Å². The van der Waals surface area contributed by atoms with Crippen LogP contribution in [0, 0.1) is 0 Å². The highest BCUT2D eigenvalue weighted by molar-refractivity contribution is 5.76. The van der Waals surface area contributed by atoms with Gasteiger partial charge in [0.2, 0.25) is 0 Å². The summed E-state index contributed by atoms with van der Waals surface area (Å²) in [5, 5.41) is 8.87. The van der Waals surface area contributed by atoms with Crippen molar-refractivity contribution < 1.29 is 19.1 Å². The van der Waals surface area contributed by atoms with E-state index in [2.05, 4.69) is 0 Å². The van der Waals surface area contributed by atoms with Gasteiger partial charge < -0.3 is 15.4 Å². The van der Waals surface area contributed by atoms with E-state index in [0.29, 0.717) is 16.8 Å². The first-order valence-electron chi connectivity index (χ1n) is 6.40. The number of carbonyl (C=O) groups is 2. The van der Waals surface area contributed by atoms with Crippen molar-refractivity contribution >= 4 is 17.8 Å². The number of Topliss-reactive ketones (excluding diaryl/α,β-unsaturated/α-hetero) is 1. The van der Waals surface area contributed by atoms with Crippen LogP contribution in [-0.4, -0.2) is 27.5 Å². The number of hydrogen-bond donors (Lipinski definition) is 2. The summed E-state index contributed by atoms with van der Waals surface area (Å²) in [6.07, 6.45) is 4.24. The highest BCUT2D eigenvalue weighted by atomic mass is 19.1. The fourth-order valence-electron chi connectivity index (χ4n) is 2.47. The van der Waals surface area contributed by atoms with E-state index in [1.165, 1.54) is 6.92 Å². The molecule has 108 valence electrons. The first-order valence-corrected chi connectivity index (χ1v) is 6.40. The van der Waals surface area contributed by atoms with E-state index < -0.39 is 18.2 Å². The average Bonchev–Trinajstić information content (AvgIpc) is 2.68. The summed E-state index contributed by atoms with van der Waals surface area (Å²) in [5.74, 6) is -1.17. The lowest BCUT2D eigenvalue weighted by atomic mass is 9.95. The van der Waals surface area contributed by atoms with Gasteiger partial charge in [-0.1, -0.05) is 6.08 Å². The molecule has 0 radical (unpaired) electrons. The zero-order valence-electron chi connectivity index (χ0n) is 11.2. The molecular weight excluding hydrogens is 263 g/mol. The minimum absolute atomic E-state index is 0.0498. The normalized spacial score (nSPS) is 18.6. The molecule has 6 heteroatoms. The number of alkyl halides is 1. The van der Waals surface area contributed by atoms with E-state index in [4.69, 9.17) is 10.8 Å². The third kappa shape index (κ3) is 2.80. The molecule has 0 amide bonds. The van der Waals surface area contributed by atoms with Gasteiger partial charge in [0.15, 0.2) is 0 Å². The molecule has 1 aromatic rings. The summed E-state index contributed by atoms with van der Waals surface area (Å²) in [6, 6.07) is -1.08. The minimum Gasteiger partial charge on any atom is -0.480 e. The number of carboxylic acid groups (broad SMARTS) is 1. The van der Waals surface area contributed by atoms with Crippen LogP contribution >= 0.6 is 0 Å². The van der Waals surface area contributed by atoms with E-state index in [0.717, 1.165) is 0 Å². The van der Waals surface area contributed by atoms with Crippen LogP contribution < -0.4 is 5.73 Å². The molecule has 0 fully saturated rings. The zero-order chi connectivity index (χ0) is 14.9. The van der Waals surface area contributed by atoms with E-state index in [-0.39, 0.29) is 25.2 Å². The van der Waals surface area contributed by atoms with E-state index >= 15 is 0 Å². The van der Waals surface area contributed by atoms with Crippen molar-refractivity contribution in [3.8, 4) is 0 Å². The Bertz CT molecular complexity index is 577. The Morgan fingerprint density at radius 1 is 1.60 bits per heavy atom. The summed E-state index contributed by atoms with van der Waals surface area (Å²) in [4.78, 5) is 22.1. The molecule has 0 saturated carbocycles. The number of nitrogens with zero attached hydrogens (tertiary/aromatic N) is 1. The van der Waals surface area contributed by atoms with Gasteiger partial charge in [0.1, 0.15) is 18.0 Å². The van der Waals surface area contributed by atoms with Gasteiger partial charge >= 0.3 is 5.97 Å². The second-order valence-corrected chi connectivity index (χ2v) is 5.04. The quantitative estimate of drug-likeness (QED) is 0.855. The summed E-state index contributed by atoms with van der Waals surface area (Å²) in [5.41, 5.74) is 7.18. The van der Waals surface area contributed by atoms with Crippen LogP contribution in [-0.2, 0) is 22.6 Å². The zero-order valence-corrected chi connectivity index (χ0v) is 11.2. The number of rotatable bonds is 5. The van der Waals surface area contributed by atoms with Gasteiger partial charge in [0.05, 0.1) is 6.54 Å². The molecule has 1 aliphatic rings. The van der Waals surface area contributed by atoms with Gasteiger partial charge in [-0.2, -0.15) is 0 Å². The smallest absolute Gasteiger partial charge is 0.320 e.